The largest absolute Gasteiger partial charge is 0.496 e. The maximum atomic E-state index is 8.54. The van der Waals surface area contributed by atoms with Crippen LogP contribution in [0.1, 0.15) is 73.5 Å². The van der Waals surface area contributed by atoms with E-state index in [0.717, 1.165) is 78.1 Å². The molecule has 2 heterocycles. The Kier molecular flexibility index (Phi) is 8.99. The number of rotatable bonds is 7. The lowest BCUT2D eigenvalue weighted by Gasteiger charge is -2.22. The Hall–Kier alpha value is -6.26. The molecule has 0 bridgehead atoms. The van der Waals surface area contributed by atoms with Crippen molar-refractivity contribution in [2.24, 2.45) is 0 Å². The Morgan fingerprint density at radius 2 is 1.29 bits per heavy atom. The van der Waals surface area contributed by atoms with E-state index in [4.69, 9.17) is 18.8 Å². The fourth-order valence-corrected chi connectivity index (χ4v) is 8.00. The zero-order valence-corrected chi connectivity index (χ0v) is 35.0. The lowest BCUT2D eigenvalue weighted by Crippen LogP contribution is -2.11. The summed E-state index contributed by atoms with van der Waals surface area (Å²) in [4.78, 5) is 10.4. The van der Waals surface area contributed by atoms with E-state index in [9.17, 15) is 0 Å². The number of fused-ring (bicyclic) bond motifs is 1. The van der Waals surface area contributed by atoms with Gasteiger partial charge in [-0.05, 0) is 136 Å². The van der Waals surface area contributed by atoms with Gasteiger partial charge in [0.05, 0.1) is 29.4 Å². The third-order valence-electron chi connectivity index (χ3n) is 11.1. The summed E-state index contributed by atoms with van der Waals surface area (Å²) < 4.78 is 33.8. The van der Waals surface area contributed by atoms with E-state index in [-0.39, 0.29) is 16.4 Å². The number of imidazole rings is 1. The van der Waals surface area contributed by atoms with Crippen LogP contribution in [0.25, 0.3) is 72.7 Å². The first-order chi connectivity index (χ1) is 28.9. The predicted octanol–water partition coefficient (Wildman–Crippen LogP) is 14.3. The van der Waals surface area contributed by atoms with Crippen molar-refractivity contribution in [3.05, 3.63) is 167 Å². The zero-order valence-electron chi connectivity index (χ0n) is 38.0. The van der Waals surface area contributed by atoms with Crippen molar-refractivity contribution in [1.82, 2.24) is 14.5 Å². The molecule has 0 N–H and O–H groups in total. The minimum atomic E-state index is -2.34. The minimum absolute atomic E-state index is 0.0725. The van der Waals surface area contributed by atoms with E-state index in [1.807, 2.05) is 43.5 Å². The molecule has 0 atom stereocenters. The first-order valence-corrected chi connectivity index (χ1v) is 20.0. The van der Waals surface area contributed by atoms with Crippen molar-refractivity contribution >= 4 is 11.0 Å². The van der Waals surface area contributed by atoms with Crippen molar-refractivity contribution in [3.63, 3.8) is 0 Å². The Morgan fingerprint density at radius 3 is 2.00 bits per heavy atom. The lowest BCUT2D eigenvalue weighted by atomic mass is 9.83. The van der Waals surface area contributed by atoms with Gasteiger partial charge in [-0.1, -0.05) is 126 Å². The Labute approximate surface area is 348 Å². The highest BCUT2D eigenvalue weighted by Crippen LogP contribution is 2.42. The van der Waals surface area contributed by atoms with E-state index in [1.54, 1.807) is 19.2 Å². The molecule has 4 nitrogen and oxygen atoms in total. The summed E-state index contributed by atoms with van der Waals surface area (Å²) >= 11 is 0. The highest BCUT2D eigenvalue weighted by Gasteiger charge is 2.24. The summed E-state index contributed by atoms with van der Waals surface area (Å²) in [6, 6.07) is 45.8. The number of aromatic nitrogens is 3. The highest BCUT2D eigenvalue weighted by molar-refractivity contribution is 5.97. The molecule has 0 aliphatic heterocycles. The third kappa shape index (κ3) is 7.47. The van der Waals surface area contributed by atoms with Crippen LogP contribution in [-0.4, -0.2) is 21.6 Å². The Balaban J connectivity index is 1.38. The number of methoxy groups -OCH3 is 1. The molecule has 58 heavy (non-hydrogen) atoms. The molecule has 0 saturated heterocycles. The molecular formula is C54H53N3O. The molecule has 0 radical (unpaired) electrons. The molecule has 0 saturated carbocycles. The first-order valence-electron chi connectivity index (χ1n) is 21.5. The Bertz CT molecular complexity index is 2910. The van der Waals surface area contributed by atoms with Crippen LogP contribution in [-0.2, 0) is 10.8 Å². The SMILES string of the molecule is [2H]C([2H])([2H])c1cc(-c2ccccc2)cc(-n2c(-c3cc(C)cc(C)c3OC)nc3c(-c4cc(-c5cc(-c6ccc(C(C)(C)C)cc6)ccn5)cc(C(C)(C)C)c4)cccc32)c1. The van der Waals surface area contributed by atoms with Gasteiger partial charge in [0.15, 0.2) is 0 Å². The summed E-state index contributed by atoms with van der Waals surface area (Å²) in [5.41, 5.74) is 15.7. The average molecular weight is 763 g/mol. The second-order valence-corrected chi connectivity index (χ2v) is 17.5. The van der Waals surface area contributed by atoms with Gasteiger partial charge < -0.3 is 4.74 Å². The zero-order chi connectivity index (χ0) is 43.4. The topological polar surface area (TPSA) is 39.9 Å². The van der Waals surface area contributed by atoms with Crippen molar-refractivity contribution in [2.45, 2.75) is 73.1 Å². The number of hydrogen-bond acceptors (Lipinski definition) is 3. The van der Waals surface area contributed by atoms with Gasteiger partial charge >= 0.3 is 0 Å². The lowest BCUT2D eigenvalue weighted by molar-refractivity contribution is 0.413. The van der Waals surface area contributed by atoms with E-state index in [2.05, 4.69) is 144 Å². The molecule has 4 heteroatoms. The first kappa shape index (κ1) is 34.9. The fraction of sp³-hybridized carbons (Fsp3) is 0.222. The monoisotopic (exact) mass is 762 g/mol. The number of pyridine rings is 1. The number of aryl methyl sites for hydroxylation is 3. The fourth-order valence-electron chi connectivity index (χ4n) is 8.00. The van der Waals surface area contributed by atoms with Crippen molar-refractivity contribution in [3.8, 4) is 67.5 Å². The van der Waals surface area contributed by atoms with Crippen LogP contribution in [0.15, 0.2) is 140 Å². The smallest absolute Gasteiger partial charge is 0.149 e. The van der Waals surface area contributed by atoms with Gasteiger partial charge in [-0.25, -0.2) is 4.98 Å². The molecule has 2 aromatic heterocycles. The highest BCUT2D eigenvalue weighted by atomic mass is 16.5. The summed E-state index contributed by atoms with van der Waals surface area (Å²) in [5.74, 6) is 1.38. The van der Waals surface area contributed by atoms with Crippen LogP contribution < -0.4 is 4.74 Å². The molecule has 0 amide bonds. The maximum absolute atomic E-state index is 8.54. The minimum Gasteiger partial charge on any atom is -0.496 e. The standard InChI is InChI=1S/C54H53N3O/c1-34-25-36(3)51(58-10)47(28-34)52-56-50-46(17-14-18-49(50)57(52)45-27-35(2)26-40(32-45)37-15-12-11-13-16-37)41-29-42(31-44(30-41)54(7,8)9)48-33-39(23-24-55-48)38-19-21-43(22-20-38)53(4,5)6/h11-33H,1-10H3/i2D3. The number of para-hydroxylation sites is 1. The van der Waals surface area contributed by atoms with Gasteiger partial charge in [0, 0.05) is 27.1 Å². The molecule has 8 rings (SSSR count). The van der Waals surface area contributed by atoms with Crippen LogP contribution in [0.4, 0.5) is 0 Å². The Morgan fingerprint density at radius 1 is 0.569 bits per heavy atom. The number of ether oxygens (including phenoxy) is 1. The second kappa shape index (κ2) is 14.9. The summed E-state index contributed by atoms with van der Waals surface area (Å²) in [6.45, 7) is 15.2. The quantitative estimate of drug-likeness (QED) is 0.162. The molecular weight excluding hydrogens is 707 g/mol. The normalized spacial score (nSPS) is 12.9. The molecule has 8 aromatic rings. The van der Waals surface area contributed by atoms with Gasteiger partial charge in [0.2, 0.25) is 0 Å². The maximum Gasteiger partial charge on any atom is 0.149 e. The van der Waals surface area contributed by atoms with Crippen LogP contribution in [0.5, 0.6) is 5.75 Å². The van der Waals surface area contributed by atoms with Gasteiger partial charge in [0.1, 0.15) is 11.6 Å². The molecule has 0 fully saturated rings. The van der Waals surface area contributed by atoms with Crippen LogP contribution in [0.3, 0.4) is 0 Å². The summed E-state index contributed by atoms with van der Waals surface area (Å²) in [5, 5.41) is 0. The van der Waals surface area contributed by atoms with Gasteiger partial charge in [0.25, 0.3) is 0 Å². The molecule has 0 unspecified atom stereocenters. The molecule has 0 spiro atoms. The van der Waals surface area contributed by atoms with Crippen molar-refractivity contribution in [1.29, 1.82) is 0 Å². The van der Waals surface area contributed by atoms with Crippen LogP contribution >= 0.6 is 0 Å². The summed E-state index contributed by atoms with van der Waals surface area (Å²) in [6.07, 6.45) is 1.90. The van der Waals surface area contributed by atoms with Crippen LogP contribution in [0.2, 0.25) is 0 Å². The molecule has 290 valence electrons. The number of benzene rings is 6. The number of hydrogen-bond donors (Lipinski definition) is 0. The second-order valence-electron chi connectivity index (χ2n) is 17.5. The van der Waals surface area contributed by atoms with Gasteiger partial charge in [-0.2, -0.15) is 0 Å². The average Bonchev–Trinajstić information content (AvgIpc) is 3.62. The third-order valence-corrected chi connectivity index (χ3v) is 11.1. The molecule has 6 aromatic carbocycles. The van der Waals surface area contributed by atoms with E-state index in [0.29, 0.717) is 11.5 Å². The predicted molar refractivity (Wildman–Crippen MR) is 244 cm³/mol. The van der Waals surface area contributed by atoms with Gasteiger partial charge in [-0.15, -0.1) is 0 Å². The van der Waals surface area contributed by atoms with E-state index >= 15 is 0 Å². The number of nitrogens with zero attached hydrogens (tertiary/aromatic N) is 3. The van der Waals surface area contributed by atoms with Crippen molar-refractivity contribution in [2.75, 3.05) is 7.11 Å². The van der Waals surface area contributed by atoms with Crippen molar-refractivity contribution < 1.29 is 8.85 Å². The van der Waals surface area contributed by atoms with E-state index < -0.39 is 6.85 Å². The van der Waals surface area contributed by atoms with E-state index in [1.165, 1.54) is 11.1 Å². The summed E-state index contributed by atoms with van der Waals surface area (Å²) in [7, 11) is 1.69. The molecule has 0 aliphatic rings. The van der Waals surface area contributed by atoms with Gasteiger partial charge in [-0.3, -0.25) is 9.55 Å². The van der Waals surface area contributed by atoms with Crippen LogP contribution in [0, 0.1) is 20.7 Å². The molecule has 0 aliphatic carbocycles.